The molecule has 1 aliphatic heterocycles. The lowest BCUT2D eigenvalue weighted by atomic mass is 9.94. The Morgan fingerprint density at radius 3 is 3.06 bits per heavy atom. The number of carbonyl (C=O) groups excluding carboxylic acids is 1. The molecule has 18 heavy (non-hydrogen) atoms. The average molecular weight is 315 g/mol. The van der Waals surface area contributed by atoms with Crippen LogP contribution >= 0.6 is 15.9 Å². The van der Waals surface area contributed by atoms with E-state index in [-0.39, 0.29) is 29.0 Å². The Kier molecular flexibility index (Phi) is 4.19. The molecule has 5 nitrogen and oxygen atoms in total. The summed E-state index contributed by atoms with van der Waals surface area (Å²) in [5.74, 6) is -0.358. The molecule has 6 heteroatoms. The van der Waals surface area contributed by atoms with E-state index in [1.54, 1.807) is 0 Å². The van der Waals surface area contributed by atoms with E-state index in [4.69, 9.17) is 4.74 Å². The molecule has 0 aliphatic carbocycles. The first kappa shape index (κ1) is 13.3. The molecule has 2 atom stereocenters. The number of aromatic nitrogens is 1. The number of ether oxygens (including phenoxy) is 1. The number of rotatable bonds is 2. The second-order valence-corrected chi connectivity index (χ2v) is 5.21. The van der Waals surface area contributed by atoms with E-state index in [2.05, 4.69) is 26.2 Å². The van der Waals surface area contributed by atoms with Crippen molar-refractivity contribution in [2.75, 3.05) is 11.9 Å². The number of hydrogen-bond donors (Lipinski definition) is 2. The summed E-state index contributed by atoms with van der Waals surface area (Å²) in [5.41, 5.74) is 0.0265. The SMILES string of the molecule is CC1OCCCC1C(=O)Nc1c[nH]cc(Br)c1=O. The highest BCUT2D eigenvalue weighted by atomic mass is 79.9. The predicted octanol–water partition coefficient (Wildman–Crippen LogP) is 1.89. The van der Waals surface area contributed by atoms with Crippen LogP contribution in [0.25, 0.3) is 0 Å². The zero-order valence-corrected chi connectivity index (χ0v) is 11.6. The van der Waals surface area contributed by atoms with E-state index < -0.39 is 0 Å². The van der Waals surface area contributed by atoms with Crippen molar-refractivity contribution < 1.29 is 9.53 Å². The van der Waals surface area contributed by atoms with Crippen LogP contribution in [0, 0.1) is 5.92 Å². The molecule has 0 spiro atoms. The van der Waals surface area contributed by atoms with Crippen LogP contribution in [-0.2, 0) is 9.53 Å². The minimum atomic E-state index is -0.230. The second-order valence-electron chi connectivity index (χ2n) is 4.36. The third kappa shape index (κ3) is 2.81. The molecule has 2 unspecified atom stereocenters. The van der Waals surface area contributed by atoms with Gasteiger partial charge in [-0.05, 0) is 35.7 Å². The van der Waals surface area contributed by atoms with E-state index >= 15 is 0 Å². The number of carbonyl (C=O) groups is 1. The first-order valence-corrected chi connectivity index (χ1v) is 6.68. The summed E-state index contributed by atoms with van der Waals surface area (Å²) in [7, 11) is 0. The topological polar surface area (TPSA) is 71.2 Å². The third-order valence-corrected chi connectivity index (χ3v) is 3.69. The maximum absolute atomic E-state index is 12.1. The van der Waals surface area contributed by atoms with Gasteiger partial charge in [-0.15, -0.1) is 0 Å². The fourth-order valence-corrected chi connectivity index (χ4v) is 2.39. The molecule has 98 valence electrons. The Hall–Kier alpha value is -1.14. The van der Waals surface area contributed by atoms with Gasteiger partial charge in [0, 0.05) is 19.0 Å². The van der Waals surface area contributed by atoms with Gasteiger partial charge in [-0.25, -0.2) is 0 Å². The molecular weight excluding hydrogens is 300 g/mol. The number of pyridine rings is 1. The molecule has 1 amide bonds. The van der Waals surface area contributed by atoms with Gasteiger partial charge in [0.15, 0.2) is 0 Å². The van der Waals surface area contributed by atoms with Crippen LogP contribution in [-0.4, -0.2) is 23.6 Å². The molecule has 1 fully saturated rings. The summed E-state index contributed by atoms with van der Waals surface area (Å²) in [6, 6.07) is 0. The van der Waals surface area contributed by atoms with Crippen molar-refractivity contribution in [3.05, 3.63) is 27.1 Å². The first-order chi connectivity index (χ1) is 8.59. The van der Waals surface area contributed by atoms with Crippen molar-refractivity contribution in [1.29, 1.82) is 0 Å². The van der Waals surface area contributed by atoms with E-state index in [1.165, 1.54) is 12.4 Å². The Labute approximate surface area is 113 Å². The maximum atomic E-state index is 12.1. The largest absolute Gasteiger partial charge is 0.378 e. The average Bonchev–Trinajstić information content (AvgIpc) is 2.35. The smallest absolute Gasteiger partial charge is 0.230 e. The van der Waals surface area contributed by atoms with Gasteiger partial charge in [0.05, 0.1) is 16.5 Å². The van der Waals surface area contributed by atoms with Gasteiger partial charge in [-0.3, -0.25) is 9.59 Å². The minimum Gasteiger partial charge on any atom is -0.378 e. The summed E-state index contributed by atoms with van der Waals surface area (Å²) in [6.45, 7) is 2.58. The number of aromatic amines is 1. The lowest BCUT2D eigenvalue weighted by Crippen LogP contribution is -2.37. The molecule has 0 aromatic carbocycles. The summed E-state index contributed by atoms with van der Waals surface area (Å²) in [5, 5.41) is 2.66. The Balaban J connectivity index is 2.11. The minimum absolute atomic E-state index is 0.106. The van der Waals surface area contributed by atoms with Crippen molar-refractivity contribution in [3.8, 4) is 0 Å². The highest BCUT2D eigenvalue weighted by Crippen LogP contribution is 2.21. The Bertz CT molecular complexity index is 500. The van der Waals surface area contributed by atoms with E-state index in [1.807, 2.05) is 6.92 Å². The molecule has 2 N–H and O–H groups in total. The molecule has 1 aromatic rings. The highest BCUT2D eigenvalue weighted by molar-refractivity contribution is 9.10. The zero-order valence-electron chi connectivity index (χ0n) is 10.0. The van der Waals surface area contributed by atoms with Gasteiger partial charge in [0.2, 0.25) is 11.3 Å². The van der Waals surface area contributed by atoms with E-state index in [0.29, 0.717) is 11.1 Å². The molecule has 1 aromatic heterocycles. The number of amides is 1. The van der Waals surface area contributed by atoms with Gasteiger partial charge >= 0.3 is 0 Å². The fourth-order valence-electron chi connectivity index (χ4n) is 2.04. The summed E-state index contributed by atoms with van der Waals surface area (Å²) >= 11 is 3.12. The molecule has 2 rings (SSSR count). The Morgan fingerprint density at radius 1 is 1.56 bits per heavy atom. The van der Waals surface area contributed by atoms with Crippen LogP contribution < -0.4 is 10.7 Å². The van der Waals surface area contributed by atoms with Crippen LogP contribution in [0.15, 0.2) is 21.7 Å². The maximum Gasteiger partial charge on any atom is 0.230 e. The van der Waals surface area contributed by atoms with Gasteiger partial charge in [-0.1, -0.05) is 0 Å². The zero-order chi connectivity index (χ0) is 13.1. The molecular formula is C12H15BrN2O3. The van der Waals surface area contributed by atoms with Crippen LogP contribution in [0.3, 0.4) is 0 Å². The van der Waals surface area contributed by atoms with Crippen LogP contribution in [0.2, 0.25) is 0 Å². The monoisotopic (exact) mass is 314 g/mol. The van der Waals surface area contributed by atoms with E-state index in [0.717, 1.165) is 12.8 Å². The van der Waals surface area contributed by atoms with Crippen molar-refractivity contribution in [1.82, 2.24) is 4.98 Å². The molecule has 1 saturated heterocycles. The predicted molar refractivity (Wildman–Crippen MR) is 71.5 cm³/mol. The van der Waals surface area contributed by atoms with Gasteiger partial charge < -0.3 is 15.0 Å². The second kappa shape index (κ2) is 5.67. The lowest BCUT2D eigenvalue weighted by molar-refractivity contribution is -0.127. The first-order valence-electron chi connectivity index (χ1n) is 5.88. The standard InChI is InChI=1S/C12H15BrN2O3/c1-7-8(3-2-4-18-7)12(17)15-10-6-14-5-9(13)11(10)16/h5-8H,2-4H2,1H3,(H,14,16)(H,15,17). The molecule has 0 radical (unpaired) electrons. The van der Waals surface area contributed by atoms with Crippen LogP contribution in [0.5, 0.6) is 0 Å². The van der Waals surface area contributed by atoms with Crippen molar-refractivity contribution in [2.24, 2.45) is 5.92 Å². The van der Waals surface area contributed by atoms with Crippen LogP contribution in [0.4, 0.5) is 5.69 Å². The molecule has 0 bridgehead atoms. The fraction of sp³-hybridized carbons (Fsp3) is 0.500. The number of nitrogens with one attached hydrogen (secondary N) is 2. The summed E-state index contributed by atoms with van der Waals surface area (Å²) < 4.78 is 5.84. The molecule has 1 aliphatic rings. The highest BCUT2D eigenvalue weighted by Gasteiger charge is 2.29. The van der Waals surface area contributed by atoms with Crippen LogP contribution in [0.1, 0.15) is 19.8 Å². The van der Waals surface area contributed by atoms with Gasteiger partial charge in [-0.2, -0.15) is 0 Å². The summed E-state index contributed by atoms with van der Waals surface area (Å²) in [6.07, 6.45) is 4.57. The van der Waals surface area contributed by atoms with Crippen molar-refractivity contribution in [3.63, 3.8) is 0 Å². The third-order valence-electron chi connectivity index (χ3n) is 3.10. The lowest BCUT2D eigenvalue weighted by Gasteiger charge is -2.27. The quantitative estimate of drug-likeness (QED) is 0.875. The van der Waals surface area contributed by atoms with Gasteiger partial charge in [0.25, 0.3) is 0 Å². The van der Waals surface area contributed by atoms with Gasteiger partial charge in [0.1, 0.15) is 5.69 Å². The number of halogens is 1. The van der Waals surface area contributed by atoms with Crippen molar-refractivity contribution in [2.45, 2.75) is 25.9 Å². The Morgan fingerprint density at radius 2 is 2.33 bits per heavy atom. The number of H-pyrrole nitrogens is 1. The number of anilines is 1. The molecule has 2 heterocycles. The normalized spacial score (nSPS) is 23.7. The van der Waals surface area contributed by atoms with Crippen molar-refractivity contribution >= 4 is 27.5 Å². The number of hydrogen-bond acceptors (Lipinski definition) is 3. The van der Waals surface area contributed by atoms with E-state index in [9.17, 15) is 9.59 Å². The molecule has 0 saturated carbocycles. The summed E-state index contributed by atoms with van der Waals surface area (Å²) in [4.78, 5) is 26.6.